The van der Waals surface area contributed by atoms with Crippen molar-refractivity contribution in [3.05, 3.63) is 30.3 Å². The highest BCUT2D eigenvalue weighted by molar-refractivity contribution is 7.89. The minimum absolute atomic E-state index is 0. The molecule has 0 amide bonds. The number of halogens is 1. The molecule has 0 spiro atoms. The van der Waals surface area contributed by atoms with Crippen molar-refractivity contribution in [2.24, 2.45) is 5.73 Å². The Morgan fingerprint density at radius 1 is 1.25 bits per heavy atom. The summed E-state index contributed by atoms with van der Waals surface area (Å²) in [5.41, 5.74) is 5.69. The molecule has 2 N–H and O–H groups in total. The molecule has 0 saturated carbocycles. The molecule has 6 heteroatoms. The third-order valence-electron chi connectivity index (χ3n) is 2.57. The van der Waals surface area contributed by atoms with Crippen LogP contribution in [0.5, 0.6) is 0 Å². The zero-order chi connectivity index (χ0) is 10.9. The molecule has 1 aliphatic rings. The quantitative estimate of drug-likeness (QED) is 0.859. The topological polar surface area (TPSA) is 63.4 Å². The Kier molecular flexibility index (Phi) is 4.32. The molecule has 0 unspecified atom stereocenters. The second-order valence-electron chi connectivity index (χ2n) is 3.72. The summed E-state index contributed by atoms with van der Waals surface area (Å²) in [6, 6.07) is 8.45. The van der Waals surface area contributed by atoms with Gasteiger partial charge in [-0.15, -0.1) is 12.4 Å². The Balaban J connectivity index is 0.00000128. The lowest BCUT2D eigenvalue weighted by Gasteiger charge is -2.15. The Labute approximate surface area is 102 Å². The van der Waals surface area contributed by atoms with Gasteiger partial charge in [0.25, 0.3) is 0 Å². The van der Waals surface area contributed by atoms with Crippen LogP contribution in [0.2, 0.25) is 0 Å². The monoisotopic (exact) mass is 262 g/mol. The molecular weight excluding hydrogens is 248 g/mol. The Morgan fingerprint density at radius 3 is 2.38 bits per heavy atom. The summed E-state index contributed by atoms with van der Waals surface area (Å²) in [7, 11) is -3.32. The molecule has 1 aromatic carbocycles. The first kappa shape index (κ1) is 13.4. The highest BCUT2D eigenvalue weighted by Crippen LogP contribution is 2.19. The van der Waals surface area contributed by atoms with Crippen molar-refractivity contribution in [1.82, 2.24) is 4.31 Å². The molecule has 0 bridgehead atoms. The van der Waals surface area contributed by atoms with E-state index in [4.69, 9.17) is 5.73 Å². The average molecular weight is 263 g/mol. The van der Waals surface area contributed by atoms with Crippen molar-refractivity contribution in [3.63, 3.8) is 0 Å². The summed E-state index contributed by atoms with van der Waals surface area (Å²) >= 11 is 0. The average Bonchev–Trinajstić information content (AvgIpc) is 2.67. The largest absolute Gasteiger partial charge is 0.326 e. The standard InChI is InChI=1S/C10H14N2O2S.ClH/c11-9-6-7-12(8-9)15(13,14)10-4-2-1-3-5-10;/h1-5,9H,6-8,11H2;1H/t9-;/m1./s1. The van der Waals surface area contributed by atoms with Gasteiger partial charge in [-0.3, -0.25) is 0 Å². The fourth-order valence-electron chi connectivity index (χ4n) is 1.71. The summed E-state index contributed by atoms with van der Waals surface area (Å²) in [4.78, 5) is 0.346. The van der Waals surface area contributed by atoms with Crippen LogP contribution >= 0.6 is 12.4 Å². The van der Waals surface area contributed by atoms with E-state index in [-0.39, 0.29) is 18.4 Å². The first-order chi connectivity index (χ1) is 7.10. The van der Waals surface area contributed by atoms with Crippen LogP contribution in [0, 0.1) is 0 Å². The predicted octanol–water partition coefficient (Wildman–Crippen LogP) is 0.830. The Bertz CT molecular complexity index is 435. The fourth-order valence-corrected chi connectivity index (χ4v) is 3.25. The zero-order valence-electron chi connectivity index (χ0n) is 8.74. The number of hydrogen-bond donors (Lipinski definition) is 1. The van der Waals surface area contributed by atoms with Crippen molar-refractivity contribution < 1.29 is 8.42 Å². The van der Waals surface area contributed by atoms with Gasteiger partial charge in [-0.1, -0.05) is 18.2 Å². The van der Waals surface area contributed by atoms with E-state index in [1.165, 1.54) is 4.31 Å². The van der Waals surface area contributed by atoms with Gasteiger partial charge in [0, 0.05) is 19.1 Å². The number of rotatable bonds is 2. The van der Waals surface area contributed by atoms with Crippen LogP contribution in [0.25, 0.3) is 0 Å². The highest BCUT2D eigenvalue weighted by Gasteiger charge is 2.30. The molecule has 1 saturated heterocycles. The van der Waals surface area contributed by atoms with Crippen LogP contribution in [0.1, 0.15) is 6.42 Å². The van der Waals surface area contributed by atoms with Gasteiger partial charge in [0.15, 0.2) is 0 Å². The lowest BCUT2D eigenvalue weighted by atomic mass is 10.3. The third-order valence-corrected chi connectivity index (χ3v) is 4.45. The maximum Gasteiger partial charge on any atom is 0.243 e. The van der Waals surface area contributed by atoms with E-state index in [0.717, 1.165) is 6.42 Å². The SMILES string of the molecule is Cl.N[C@@H]1CCN(S(=O)(=O)c2ccccc2)C1. The molecule has 16 heavy (non-hydrogen) atoms. The van der Waals surface area contributed by atoms with Crippen molar-refractivity contribution in [2.45, 2.75) is 17.4 Å². The van der Waals surface area contributed by atoms with E-state index in [9.17, 15) is 8.42 Å². The summed E-state index contributed by atoms with van der Waals surface area (Å²) < 4.78 is 25.6. The van der Waals surface area contributed by atoms with Gasteiger partial charge in [0.1, 0.15) is 0 Å². The van der Waals surface area contributed by atoms with E-state index < -0.39 is 10.0 Å². The van der Waals surface area contributed by atoms with E-state index in [2.05, 4.69) is 0 Å². The summed E-state index contributed by atoms with van der Waals surface area (Å²) in [5, 5.41) is 0. The van der Waals surface area contributed by atoms with Crippen LogP contribution in [0.4, 0.5) is 0 Å². The minimum Gasteiger partial charge on any atom is -0.326 e. The fraction of sp³-hybridized carbons (Fsp3) is 0.400. The van der Waals surface area contributed by atoms with E-state index in [0.29, 0.717) is 18.0 Å². The van der Waals surface area contributed by atoms with Crippen LogP contribution in [-0.2, 0) is 10.0 Å². The second kappa shape index (κ2) is 5.14. The molecule has 1 aromatic rings. The predicted molar refractivity (Wildman–Crippen MR) is 65.0 cm³/mol. The maximum atomic E-state index is 12.1. The second-order valence-corrected chi connectivity index (χ2v) is 5.66. The molecule has 0 radical (unpaired) electrons. The van der Waals surface area contributed by atoms with Crippen molar-refractivity contribution in [3.8, 4) is 0 Å². The lowest BCUT2D eigenvalue weighted by Crippen LogP contribution is -2.31. The smallest absolute Gasteiger partial charge is 0.243 e. The summed E-state index contributed by atoms with van der Waals surface area (Å²) in [6.45, 7) is 0.954. The van der Waals surface area contributed by atoms with E-state index in [1.807, 2.05) is 0 Å². The Hall–Kier alpha value is -0.620. The number of benzene rings is 1. The Morgan fingerprint density at radius 2 is 1.88 bits per heavy atom. The van der Waals surface area contributed by atoms with Crippen LogP contribution < -0.4 is 5.73 Å². The molecular formula is C10H15ClN2O2S. The third kappa shape index (κ3) is 2.55. The van der Waals surface area contributed by atoms with Gasteiger partial charge in [0.05, 0.1) is 4.90 Å². The summed E-state index contributed by atoms with van der Waals surface area (Å²) in [5.74, 6) is 0. The lowest BCUT2D eigenvalue weighted by molar-refractivity contribution is 0.472. The molecule has 1 fully saturated rings. The maximum absolute atomic E-state index is 12.1. The van der Waals surface area contributed by atoms with E-state index in [1.54, 1.807) is 30.3 Å². The first-order valence-electron chi connectivity index (χ1n) is 4.91. The van der Waals surface area contributed by atoms with Crippen LogP contribution in [-0.4, -0.2) is 31.9 Å². The normalized spacial score (nSPS) is 21.7. The summed E-state index contributed by atoms with van der Waals surface area (Å²) in [6.07, 6.45) is 0.742. The van der Waals surface area contributed by atoms with Crippen LogP contribution in [0.3, 0.4) is 0 Å². The molecule has 0 aliphatic carbocycles. The van der Waals surface area contributed by atoms with Crippen molar-refractivity contribution in [1.29, 1.82) is 0 Å². The van der Waals surface area contributed by atoms with Gasteiger partial charge in [-0.2, -0.15) is 4.31 Å². The van der Waals surface area contributed by atoms with Gasteiger partial charge in [0.2, 0.25) is 10.0 Å². The van der Waals surface area contributed by atoms with Crippen molar-refractivity contribution >= 4 is 22.4 Å². The molecule has 1 aliphatic heterocycles. The molecule has 90 valence electrons. The van der Waals surface area contributed by atoms with E-state index >= 15 is 0 Å². The number of nitrogens with two attached hydrogens (primary N) is 1. The molecule has 0 aromatic heterocycles. The molecule has 1 atom stereocenters. The van der Waals surface area contributed by atoms with Crippen molar-refractivity contribution in [2.75, 3.05) is 13.1 Å². The number of nitrogens with zero attached hydrogens (tertiary/aromatic N) is 1. The van der Waals surface area contributed by atoms with Gasteiger partial charge in [-0.25, -0.2) is 8.42 Å². The van der Waals surface area contributed by atoms with Gasteiger partial charge >= 0.3 is 0 Å². The minimum atomic E-state index is -3.32. The zero-order valence-corrected chi connectivity index (χ0v) is 10.4. The van der Waals surface area contributed by atoms with Gasteiger partial charge < -0.3 is 5.73 Å². The van der Waals surface area contributed by atoms with Gasteiger partial charge in [-0.05, 0) is 18.6 Å². The van der Waals surface area contributed by atoms with Crippen LogP contribution in [0.15, 0.2) is 35.2 Å². The number of sulfonamides is 1. The molecule has 1 heterocycles. The highest BCUT2D eigenvalue weighted by atomic mass is 35.5. The first-order valence-corrected chi connectivity index (χ1v) is 6.35. The number of hydrogen-bond acceptors (Lipinski definition) is 3. The molecule has 2 rings (SSSR count). The molecule has 4 nitrogen and oxygen atoms in total.